The van der Waals surface area contributed by atoms with Crippen molar-refractivity contribution in [1.82, 2.24) is 10.4 Å². The van der Waals surface area contributed by atoms with Crippen LogP contribution in [0, 0.1) is 0 Å². The molecule has 1 unspecified atom stereocenters. The molecule has 0 aliphatic heterocycles. The Kier molecular flexibility index (Phi) is 5.25. The van der Waals surface area contributed by atoms with E-state index in [1.807, 2.05) is 12.1 Å². The average Bonchev–Trinajstić information content (AvgIpc) is 2.50. The molecule has 0 saturated carbocycles. The van der Waals surface area contributed by atoms with Crippen LogP contribution in [0.25, 0.3) is 0 Å². The van der Waals surface area contributed by atoms with Gasteiger partial charge < -0.3 is 9.47 Å². The highest BCUT2D eigenvalue weighted by Gasteiger charge is 2.21. The van der Waals surface area contributed by atoms with Crippen LogP contribution in [-0.4, -0.2) is 19.2 Å². The van der Waals surface area contributed by atoms with Crippen LogP contribution < -0.4 is 20.7 Å². The molecule has 3 N–H and O–H groups in total. The highest BCUT2D eigenvalue weighted by atomic mass is 35.5. The smallest absolute Gasteiger partial charge is 0.127 e. The van der Waals surface area contributed by atoms with Crippen LogP contribution in [0.5, 0.6) is 11.5 Å². The molecule has 0 aliphatic rings. The van der Waals surface area contributed by atoms with Crippen LogP contribution in [0.3, 0.4) is 0 Å². The Morgan fingerprint density at radius 1 is 1.19 bits per heavy atom. The molecular weight excluding hydrogens is 313 g/mol. The highest BCUT2D eigenvalue weighted by molar-refractivity contribution is 6.34. The quantitative estimate of drug-likeness (QED) is 0.652. The Morgan fingerprint density at radius 3 is 2.52 bits per heavy atom. The summed E-state index contributed by atoms with van der Waals surface area (Å²) >= 11 is 12.1. The van der Waals surface area contributed by atoms with Crippen molar-refractivity contribution in [2.75, 3.05) is 14.2 Å². The molecule has 0 bridgehead atoms. The fourth-order valence-electron chi connectivity index (χ4n) is 2.01. The summed E-state index contributed by atoms with van der Waals surface area (Å²) in [5.74, 6) is 6.97. The van der Waals surface area contributed by atoms with Crippen LogP contribution in [0.15, 0.2) is 30.5 Å². The van der Waals surface area contributed by atoms with E-state index in [1.165, 1.54) is 6.20 Å². The summed E-state index contributed by atoms with van der Waals surface area (Å²) in [5.41, 5.74) is 4.05. The zero-order valence-corrected chi connectivity index (χ0v) is 13.1. The maximum Gasteiger partial charge on any atom is 0.127 e. The van der Waals surface area contributed by atoms with Gasteiger partial charge in [-0.15, -0.1) is 0 Å². The average molecular weight is 328 g/mol. The topological polar surface area (TPSA) is 69.4 Å². The van der Waals surface area contributed by atoms with E-state index in [4.69, 9.17) is 38.5 Å². The van der Waals surface area contributed by atoms with Crippen molar-refractivity contribution in [3.63, 3.8) is 0 Å². The Labute approximate surface area is 132 Å². The number of rotatable bonds is 5. The molecule has 1 atom stereocenters. The Morgan fingerprint density at radius 2 is 1.95 bits per heavy atom. The molecule has 2 aromatic rings. The van der Waals surface area contributed by atoms with Gasteiger partial charge in [0.2, 0.25) is 0 Å². The van der Waals surface area contributed by atoms with E-state index in [2.05, 4.69) is 10.4 Å². The number of aromatic nitrogens is 1. The van der Waals surface area contributed by atoms with Gasteiger partial charge in [-0.3, -0.25) is 10.8 Å². The second kappa shape index (κ2) is 6.95. The number of halogens is 2. The van der Waals surface area contributed by atoms with Gasteiger partial charge in [0.15, 0.2) is 0 Å². The summed E-state index contributed by atoms with van der Waals surface area (Å²) < 4.78 is 10.6. The summed E-state index contributed by atoms with van der Waals surface area (Å²) in [4.78, 5) is 4.25. The molecule has 1 heterocycles. The number of hydrogen-bond acceptors (Lipinski definition) is 5. The summed E-state index contributed by atoms with van der Waals surface area (Å²) in [6.45, 7) is 0. The maximum absolute atomic E-state index is 6.20. The first kappa shape index (κ1) is 15.9. The first-order valence-corrected chi connectivity index (χ1v) is 6.85. The van der Waals surface area contributed by atoms with Crippen molar-refractivity contribution in [2.45, 2.75) is 6.04 Å². The summed E-state index contributed by atoms with van der Waals surface area (Å²) in [7, 11) is 3.16. The largest absolute Gasteiger partial charge is 0.497 e. The number of pyridine rings is 1. The molecule has 2 rings (SSSR count). The van der Waals surface area contributed by atoms with E-state index in [0.717, 1.165) is 5.56 Å². The van der Waals surface area contributed by atoms with E-state index in [-0.39, 0.29) is 0 Å². The van der Waals surface area contributed by atoms with Gasteiger partial charge in [-0.2, -0.15) is 0 Å². The monoisotopic (exact) mass is 327 g/mol. The summed E-state index contributed by atoms with van der Waals surface area (Å²) in [6.07, 6.45) is 1.52. The van der Waals surface area contributed by atoms with Gasteiger partial charge in [-0.25, -0.2) is 5.43 Å². The zero-order valence-electron chi connectivity index (χ0n) is 11.6. The molecule has 21 heavy (non-hydrogen) atoms. The van der Waals surface area contributed by atoms with Crippen LogP contribution in [0.4, 0.5) is 0 Å². The molecule has 0 fully saturated rings. The van der Waals surface area contributed by atoms with Crippen LogP contribution in [0.1, 0.15) is 17.3 Å². The predicted octanol–water partition coefficient (Wildman–Crippen LogP) is 2.96. The standard InChI is InChI=1S/C14H15Cl2N3O2/c1-20-9-3-4-10(12(6-9)21-2)13(19-17)14-11(16)5-8(15)7-18-14/h3-7,13,19H,17H2,1-2H3. The van der Waals surface area contributed by atoms with Crippen molar-refractivity contribution in [2.24, 2.45) is 5.84 Å². The number of benzene rings is 1. The number of nitrogens with two attached hydrogens (primary N) is 1. The van der Waals surface area contributed by atoms with Gasteiger partial charge in [0.05, 0.1) is 36.0 Å². The van der Waals surface area contributed by atoms with E-state index < -0.39 is 6.04 Å². The molecule has 1 aromatic carbocycles. The number of nitrogens with one attached hydrogen (secondary N) is 1. The van der Waals surface area contributed by atoms with Gasteiger partial charge in [0, 0.05) is 17.8 Å². The molecule has 0 radical (unpaired) electrons. The summed E-state index contributed by atoms with van der Waals surface area (Å²) in [6, 6.07) is 6.60. The van der Waals surface area contributed by atoms with Crippen molar-refractivity contribution in [3.8, 4) is 11.5 Å². The Balaban J connectivity index is 2.50. The number of nitrogens with zero attached hydrogens (tertiary/aromatic N) is 1. The second-order valence-corrected chi connectivity index (χ2v) is 5.07. The normalized spacial score (nSPS) is 12.0. The third-order valence-corrected chi connectivity index (χ3v) is 3.54. The number of methoxy groups -OCH3 is 2. The van der Waals surface area contributed by atoms with Crippen LogP contribution in [0.2, 0.25) is 10.0 Å². The first-order chi connectivity index (χ1) is 10.1. The van der Waals surface area contributed by atoms with Crippen molar-refractivity contribution in [1.29, 1.82) is 0 Å². The second-order valence-electron chi connectivity index (χ2n) is 4.23. The zero-order chi connectivity index (χ0) is 15.4. The van der Waals surface area contributed by atoms with Gasteiger partial charge >= 0.3 is 0 Å². The van der Waals surface area contributed by atoms with Gasteiger partial charge in [-0.1, -0.05) is 23.2 Å². The van der Waals surface area contributed by atoms with Crippen molar-refractivity contribution < 1.29 is 9.47 Å². The molecular formula is C14H15Cl2N3O2. The van der Waals surface area contributed by atoms with Gasteiger partial charge in [-0.05, 0) is 18.2 Å². The van der Waals surface area contributed by atoms with Crippen LogP contribution in [-0.2, 0) is 0 Å². The fraction of sp³-hybridized carbons (Fsp3) is 0.214. The molecule has 0 spiro atoms. The summed E-state index contributed by atoms with van der Waals surface area (Å²) in [5, 5.41) is 0.879. The third-order valence-electron chi connectivity index (χ3n) is 3.03. The lowest BCUT2D eigenvalue weighted by Crippen LogP contribution is -2.30. The van der Waals surface area contributed by atoms with Crippen molar-refractivity contribution >= 4 is 23.2 Å². The minimum absolute atomic E-state index is 0.420. The fourth-order valence-corrected chi connectivity index (χ4v) is 2.50. The Hall–Kier alpha value is -1.53. The highest BCUT2D eigenvalue weighted by Crippen LogP contribution is 2.34. The lowest BCUT2D eigenvalue weighted by molar-refractivity contribution is 0.387. The van der Waals surface area contributed by atoms with Gasteiger partial charge in [0.25, 0.3) is 0 Å². The molecule has 1 aromatic heterocycles. The number of ether oxygens (including phenoxy) is 2. The molecule has 0 saturated heterocycles. The molecule has 112 valence electrons. The lowest BCUT2D eigenvalue weighted by atomic mass is 10.0. The van der Waals surface area contributed by atoms with E-state index >= 15 is 0 Å². The maximum atomic E-state index is 6.20. The molecule has 7 heteroatoms. The molecule has 0 aliphatic carbocycles. The van der Waals surface area contributed by atoms with Crippen molar-refractivity contribution in [3.05, 3.63) is 51.8 Å². The number of hydrogen-bond donors (Lipinski definition) is 2. The van der Waals surface area contributed by atoms with E-state index in [0.29, 0.717) is 27.2 Å². The minimum Gasteiger partial charge on any atom is -0.497 e. The van der Waals surface area contributed by atoms with E-state index in [9.17, 15) is 0 Å². The first-order valence-electron chi connectivity index (χ1n) is 6.09. The molecule has 5 nitrogen and oxygen atoms in total. The lowest BCUT2D eigenvalue weighted by Gasteiger charge is -2.20. The minimum atomic E-state index is -0.435. The SMILES string of the molecule is COc1ccc(C(NN)c2ncc(Cl)cc2Cl)c(OC)c1. The third kappa shape index (κ3) is 3.39. The van der Waals surface area contributed by atoms with E-state index in [1.54, 1.807) is 26.4 Å². The number of hydrazine groups is 1. The van der Waals surface area contributed by atoms with Crippen LogP contribution >= 0.6 is 23.2 Å². The van der Waals surface area contributed by atoms with Gasteiger partial charge in [0.1, 0.15) is 11.5 Å². The molecule has 0 amide bonds. The predicted molar refractivity (Wildman–Crippen MR) is 83.0 cm³/mol. The Bertz CT molecular complexity index is 638.